The van der Waals surface area contributed by atoms with E-state index in [4.69, 9.17) is 11.6 Å². The minimum absolute atomic E-state index is 0.0771. The molecule has 1 atom stereocenters. The van der Waals surface area contributed by atoms with Crippen molar-refractivity contribution in [2.24, 2.45) is 0 Å². The van der Waals surface area contributed by atoms with Gasteiger partial charge in [0.2, 0.25) is 11.8 Å². The van der Waals surface area contributed by atoms with E-state index in [2.05, 4.69) is 5.32 Å². The van der Waals surface area contributed by atoms with Crippen LogP contribution in [0.15, 0.2) is 42.5 Å². The monoisotopic (exact) mass is 400 g/mol. The molecule has 0 fully saturated rings. The molecule has 2 aromatic rings. The van der Waals surface area contributed by atoms with Crippen molar-refractivity contribution >= 4 is 23.4 Å². The van der Waals surface area contributed by atoms with Crippen molar-refractivity contribution in [2.45, 2.75) is 53.1 Å². The topological polar surface area (TPSA) is 49.4 Å². The standard InChI is InChI=1S/C23H29ClN2O2/c1-5-21(23(28)25-6-2)26(15-18-9-7-8-10-20(18)24)22(27)14-19-13-16(3)11-12-17(19)4/h7-13,21H,5-6,14-15H2,1-4H3,(H,25,28)/t21-/m0/s1. The molecule has 150 valence electrons. The zero-order chi connectivity index (χ0) is 20.7. The Hall–Kier alpha value is -2.33. The van der Waals surface area contributed by atoms with Gasteiger partial charge in [0.1, 0.15) is 6.04 Å². The molecule has 0 spiro atoms. The van der Waals surface area contributed by atoms with Crippen molar-refractivity contribution in [1.29, 1.82) is 0 Å². The molecular weight excluding hydrogens is 372 g/mol. The number of nitrogens with one attached hydrogen (secondary N) is 1. The number of aryl methyl sites for hydroxylation is 2. The first-order chi connectivity index (χ1) is 13.4. The largest absolute Gasteiger partial charge is 0.355 e. The number of halogens is 1. The van der Waals surface area contributed by atoms with Gasteiger partial charge in [0.25, 0.3) is 0 Å². The summed E-state index contributed by atoms with van der Waals surface area (Å²) >= 11 is 6.33. The molecule has 28 heavy (non-hydrogen) atoms. The first kappa shape index (κ1) is 22.0. The molecule has 0 aliphatic heterocycles. The Morgan fingerprint density at radius 1 is 1.07 bits per heavy atom. The van der Waals surface area contributed by atoms with Crippen LogP contribution in [0.1, 0.15) is 42.5 Å². The molecule has 0 unspecified atom stereocenters. The number of carbonyl (C=O) groups excluding carboxylic acids is 2. The van der Waals surface area contributed by atoms with E-state index in [0.717, 1.165) is 22.3 Å². The minimum atomic E-state index is -0.533. The van der Waals surface area contributed by atoms with E-state index in [9.17, 15) is 9.59 Å². The molecule has 0 aliphatic carbocycles. The molecule has 0 radical (unpaired) electrons. The first-order valence-electron chi connectivity index (χ1n) is 9.74. The summed E-state index contributed by atoms with van der Waals surface area (Å²) in [6, 6.07) is 13.0. The summed E-state index contributed by atoms with van der Waals surface area (Å²) in [7, 11) is 0. The first-order valence-corrected chi connectivity index (χ1v) is 10.1. The Balaban J connectivity index is 2.35. The SMILES string of the molecule is CCNC(=O)[C@H](CC)N(Cc1ccccc1Cl)C(=O)Cc1cc(C)ccc1C. The lowest BCUT2D eigenvalue weighted by Gasteiger charge is -2.31. The molecule has 2 aromatic carbocycles. The summed E-state index contributed by atoms with van der Waals surface area (Å²) in [6.07, 6.45) is 0.794. The highest BCUT2D eigenvalue weighted by molar-refractivity contribution is 6.31. The van der Waals surface area contributed by atoms with Crippen molar-refractivity contribution in [3.8, 4) is 0 Å². The predicted octanol–water partition coefficient (Wildman–Crippen LogP) is 4.44. The second kappa shape index (κ2) is 10.3. The van der Waals surface area contributed by atoms with E-state index >= 15 is 0 Å². The normalized spacial score (nSPS) is 11.8. The molecule has 0 saturated carbocycles. The van der Waals surface area contributed by atoms with Gasteiger partial charge in [-0.3, -0.25) is 9.59 Å². The Labute approximate surface area is 172 Å². The number of rotatable bonds is 8. The molecule has 0 aliphatic rings. The summed E-state index contributed by atoms with van der Waals surface area (Å²) in [4.78, 5) is 27.6. The molecule has 5 heteroatoms. The quantitative estimate of drug-likeness (QED) is 0.711. The summed E-state index contributed by atoms with van der Waals surface area (Å²) in [6.45, 7) is 8.64. The third kappa shape index (κ3) is 5.59. The van der Waals surface area contributed by atoms with Gasteiger partial charge in [-0.25, -0.2) is 0 Å². The molecule has 0 aromatic heterocycles. The lowest BCUT2D eigenvalue weighted by molar-refractivity contribution is -0.140. The third-order valence-electron chi connectivity index (χ3n) is 4.88. The maximum Gasteiger partial charge on any atom is 0.242 e. The second-order valence-electron chi connectivity index (χ2n) is 7.04. The fraction of sp³-hybridized carbons (Fsp3) is 0.391. The van der Waals surface area contributed by atoms with Crippen LogP contribution in [0.4, 0.5) is 0 Å². The summed E-state index contributed by atoms with van der Waals surface area (Å²) in [5.41, 5.74) is 4.01. The smallest absolute Gasteiger partial charge is 0.242 e. The number of likely N-dealkylation sites (N-methyl/N-ethyl adjacent to an activating group) is 1. The Bertz CT molecular complexity index is 835. The number of hydrogen-bond acceptors (Lipinski definition) is 2. The van der Waals surface area contributed by atoms with E-state index in [1.54, 1.807) is 11.0 Å². The van der Waals surface area contributed by atoms with Crippen LogP contribution >= 0.6 is 11.6 Å². The van der Waals surface area contributed by atoms with Gasteiger partial charge in [-0.15, -0.1) is 0 Å². The Kier molecular flexibility index (Phi) is 8.06. The lowest BCUT2D eigenvalue weighted by Crippen LogP contribution is -2.49. The van der Waals surface area contributed by atoms with Gasteiger partial charge in [-0.1, -0.05) is 60.5 Å². The molecule has 0 heterocycles. The van der Waals surface area contributed by atoms with Crippen LogP contribution in [0.2, 0.25) is 5.02 Å². The molecular formula is C23H29ClN2O2. The zero-order valence-electron chi connectivity index (χ0n) is 17.1. The molecule has 1 N–H and O–H groups in total. The zero-order valence-corrected chi connectivity index (χ0v) is 17.8. The van der Waals surface area contributed by atoms with E-state index < -0.39 is 6.04 Å². The molecule has 2 amide bonds. The van der Waals surface area contributed by atoms with Gasteiger partial charge in [0, 0.05) is 18.1 Å². The summed E-state index contributed by atoms with van der Waals surface area (Å²) in [5.74, 6) is -0.210. The molecule has 2 rings (SSSR count). The van der Waals surface area contributed by atoms with Crippen LogP contribution in [0.25, 0.3) is 0 Å². The van der Waals surface area contributed by atoms with Crippen LogP contribution in [0.5, 0.6) is 0 Å². The number of hydrogen-bond donors (Lipinski definition) is 1. The summed E-state index contributed by atoms with van der Waals surface area (Å²) < 4.78 is 0. The van der Waals surface area contributed by atoms with Crippen molar-refractivity contribution in [1.82, 2.24) is 10.2 Å². The minimum Gasteiger partial charge on any atom is -0.355 e. The Morgan fingerprint density at radius 3 is 2.43 bits per heavy atom. The lowest BCUT2D eigenvalue weighted by atomic mass is 10.0. The summed E-state index contributed by atoms with van der Waals surface area (Å²) in [5, 5.41) is 3.45. The third-order valence-corrected chi connectivity index (χ3v) is 5.25. The maximum absolute atomic E-state index is 13.3. The van der Waals surface area contributed by atoms with E-state index in [1.165, 1.54) is 0 Å². The van der Waals surface area contributed by atoms with Crippen LogP contribution in [-0.2, 0) is 22.6 Å². The highest BCUT2D eigenvalue weighted by atomic mass is 35.5. The van der Waals surface area contributed by atoms with E-state index in [1.807, 2.05) is 64.1 Å². The fourth-order valence-corrected chi connectivity index (χ4v) is 3.47. The predicted molar refractivity (Wildman–Crippen MR) is 114 cm³/mol. The molecule has 4 nitrogen and oxygen atoms in total. The van der Waals surface area contributed by atoms with Gasteiger partial charge in [-0.2, -0.15) is 0 Å². The number of carbonyl (C=O) groups is 2. The average Bonchev–Trinajstić information content (AvgIpc) is 2.66. The number of nitrogens with zero attached hydrogens (tertiary/aromatic N) is 1. The number of benzene rings is 2. The van der Waals surface area contributed by atoms with Gasteiger partial charge < -0.3 is 10.2 Å². The highest BCUT2D eigenvalue weighted by Gasteiger charge is 2.29. The van der Waals surface area contributed by atoms with Gasteiger partial charge in [0.15, 0.2) is 0 Å². The van der Waals surface area contributed by atoms with Crippen LogP contribution in [0.3, 0.4) is 0 Å². The maximum atomic E-state index is 13.3. The second-order valence-corrected chi connectivity index (χ2v) is 7.45. The van der Waals surface area contributed by atoms with Crippen LogP contribution < -0.4 is 5.32 Å². The van der Waals surface area contributed by atoms with Crippen LogP contribution in [0, 0.1) is 13.8 Å². The van der Waals surface area contributed by atoms with Gasteiger partial charge in [0.05, 0.1) is 6.42 Å². The van der Waals surface area contributed by atoms with Crippen molar-refractivity contribution < 1.29 is 9.59 Å². The number of amides is 2. The van der Waals surface area contributed by atoms with E-state index in [-0.39, 0.29) is 18.2 Å². The van der Waals surface area contributed by atoms with Gasteiger partial charge in [-0.05, 0) is 49.9 Å². The Morgan fingerprint density at radius 2 is 1.79 bits per heavy atom. The van der Waals surface area contributed by atoms with Crippen molar-refractivity contribution in [3.63, 3.8) is 0 Å². The van der Waals surface area contributed by atoms with Crippen molar-refractivity contribution in [2.75, 3.05) is 6.54 Å². The fourth-order valence-electron chi connectivity index (χ4n) is 3.28. The highest BCUT2D eigenvalue weighted by Crippen LogP contribution is 2.21. The molecule has 0 bridgehead atoms. The van der Waals surface area contributed by atoms with Crippen LogP contribution in [-0.4, -0.2) is 29.3 Å². The average molecular weight is 401 g/mol. The molecule has 0 saturated heterocycles. The van der Waals surface area contributed by atoms with E-state index in [0.29, 0.717) is 24.5 Å². The van der Waals surface area contributed by atoms with Crippen molar-refractivity contribution in [3.05, 3.63) is 69.7 Å². The van der Waals surface area contributed by atoms with Gasteiger partial charge >= 0.3 is 0 Å².